The lowest BCUT2D eigenvalue weighted by atomic mass is 9.82. The van der Waals surface area contributed by atoms with Gasteiger partial charge >= 0.3 is 0 Å². The molecule has 0 saturated carbocycles. The van der Waals surface area contributed by atoms with Crippen LogP contribution in [-0.2, 0) is 22.6 Å². The molecule has 3 fully saturated rings. The van der Waals surface area contributed by atoms with E-state index in [1.165, 1.54) is 12.1 Å². The summed E-state index contributed by atoms with van der Waals surface area (Å²) in [6, 6.07) is 5.02. The molecule has 0 amide bonds. The van der Waals surface area contributed by atoms with Crippen molar-refractivity contribution in [1.29, 1.82) is 0 Å². The van der Waals surface area contributed by atoms with E-state index < -0.39 is 0 Å². The lowest BCUT2D eigenvalue weighted by Gasteiger charge is -2.46. The maximum Gasteiger partial charge on any atom is 0.255 e. The molecule has 0 N–H and O–H groups in total. The van der Waals surface area contributed by atoms with Crippen LogP contribution in [0.4, 0.5) is 0 Å². The molecule has 6 nitrogen and oxygen atoms in total. The number of hydrogen-bond acceptors (Lipinski definition) is 5. The summed E-state index contributed by atoms with van der Waals surface area (Å²) >= 11 is 0. The lowest BCUT2D eigenvalue weighted by molar-refractivity contribution is 0.00582. The molecular formula is C22H33N3O3. The molecule has 0 unspecified atom stereocenters. The number of rotatable bonds is 3. The summed E-state index contributed by atoms with van der Waals surface area (Å²) in [4.78, 5) is 18.3. The van der Waals surface area contributed by atoms with E-state index in [-0.39, 0.29) is 5.56 Å². The number of ether oxygens (including phenoxy) is 2. The van der Waals surface area contributed by atoms with Gasteiger partial charge in [0, 0.05) is 82.3 Å². The first-order valence-corrected chi connectivity index (χ1v) is 11.1. The lowest BCUT2D eigenvalue weighted by Crippen LogP contribution is -2.52. The fourth-order valence-electron chi connectivity index (χ4n) is 5.69. The molecule has 28 heavy (non-hydrogen) atoms. The highest BCUT2D eigenvalue weighted by Gasteiger charge is 2.37. The standard InChI is InChI=1S/C22H33N3O3/c26-22-18(15-23-6-1-8-27-11-7-23)2-3-21-19-12-17(14-25(21)22)13-24(16-19)20-4-9-28-10-5-20/h2-3,17,19-20H,1,4-16H2/t17-,19+/m0/s1. The molecule has 154 valence electrons. The Kier molecular flexibility index (Phi) is 5.55. The van der Waals surface area contributed by atoms with Crippen LogP contribution in [0.2, 0.25) is 0 Å². The van der Waals surface area contributed by atoms with Gasteiger partial charge < -0.3 is 14.0 Å². The molecule has 0 aromatic carbocycles. The minimum absolute atomic E-state index is 0.247. The number of nitrogens with zero attached hydrogens (tertiary/aromatic N) is 3. The summed E-state index contributed by atoms with van der Waals surface area (Å²) in [5.74, 6) is 1.11. The van der Waals surface area contributed by atoms with E-state index in [9.17, 15) is 4.79 Å². The third kappa shape index (κ3) is 3.80. The molecule has 3 saturated heterocycles. The number of likely N-dealkylation sites (tertiary alicyclic amines) is 1. The molecule has 4 aliphatic heterocycles. The van der Waals surface area contributed by atoms with Gasteiger partial charge in [0.1, 0.15) is 0 Å². The van der Waals surface area contributed by atoms with Crippen molar-refractivity contribution in [2.24, 2.45) is 5.92 Å². The molecule has 0 spiro atoms. The van der Waals surface area contributed by atoms with Crippen molar-refractivity contribution in [2.45, 2.75) is 50.7 Å². The van der Waals surface area contributed by atoms with Crippen molar-refractivity contribution in [1.82, 2.24) is 14.4 Å². The Morgan fingerprint density at radius 3 is 2.71 bits per heavy atom. The molecule has 0 radical (unpaired) electrons. The maximum absolute atomic E-state index is 13.3. The fourth-order valence-corrected chi connectivity index (χ4v) is 5.69. The summed E-state index contributed by atoms with van der Waals surface area (Å²) in [5, 5.41) is 0. The van der Waals surface area contributed by atoms with Gasteiger partial charge in [-0.05, 0) is 37.7 Å². The molecule has 1 aromatic heterocycles. The monoisotopic (exact) mass is 387 g/mol. The van der Waals surface area contributed by atoms with Gasteiger partial charge in [0.05, 0.1) is 6.61 Å². The van der Waals surface area contributed by atoms with E-state index in [2.05, 4.69) is 26.5 Å². The van der Waals surface area contributed by atoms with Crippen LogP contribution in [0, 0.1) is 5.92 Å². The van der Waals surface area contributed by atoms with Crippen molar-refractivity contribution in [2.75, 3.05) is 52.6 Å². The Bertz CT molecular complexity index is 735. The van der Waals surface area contributed by atoms with Gasteiger partial charge in [-0.2, -0.15) is 0 Å². The SMILES string of the molecule is O=c1c(CN2CCCOCC2)ccc2n1C[C@H]1C[C@@H]2CN(C2CCOCC2)C1. The molecule has 0 aliphatic carbocycles. The fraction of sp³-hybridized carbons (Fsp3) is 0.773. The zero-order chi connectivity index (χ0) is 18.9. The first-order chi connectivity index (χ1) is 13.8. The summed E-state index contributed by atoms with van der Waals surface area (Å²) in [5.41, 5.74) is 2.46. The maximum atomic E-state index is 13.3. The van der Waals surface area contributed by atoms with E-state index in [0.717, 1.165) is 90.5 Å². The largest absolute Gasteiger partial charge is 0.381 e. The van der Waals surface area contributed by atoms with E-state index in [0.29, 0.717) is 17.9 Å². The first-order valence-electron chi connectivity index (χ1n) is 11.1. The zero-order valence-corrected chi connectivity index (χ0v) is 16.9. The minimum atomic E-state index is 0.247. The third-order valence-electron chi connectivity index (χ3n) is 7.13. The quantitative estimate of drug-likeness (QED) is 0.790. The van der Waals surface area contributed by atoms with Crippen LogP contribution in [0.3, 0.4) is 0 Å². The molecule has 6 heteroatoms. The average molecular weight is 388 g/mol. The summed E-state index contributed by atoms with van der Waals surface area (Å²) in [7, 11) is 0. The molecule has 1 aromatic rings. The molecule has 5 heterocycles. The molecule has 5 rings (SSSR count). The second-order valence-electron chi connectivity index (χ2n) is 9.04. The van der Waals surface area contributed by atoms with E-state index in [1.807, 2.05) is 0 Å². The highest BCUT2D eigenvalue weighted by atomic mass is 16.5. The van der Waals surface area contributed by atoms with Gasteiger partial charge in [-0.25, -0.2) is 0 Å². The molecule has 4 aliphatic rings. The van der Waals surface area contributed by atoms with Gasteiger partial charge in [0.2, 0.25) is 0 Å². The van der Waals surface area contributed by atoms with Crippen LogP contribution < -0.4 is 5.56 Å². The van der Waals surface area contributed by atoms with Crippen molar-refractivity contribution >= 4 is 0 Å². The molecular weight excluding hydrogens is 354 g/mol. The van der Waals surface area contributed by atoms with E-state index in [4.69, 9.17) is 9.47 Å². The summed E-state index contributed by atoms with van der Waals surface area (Å²) < 4.78 is 13.2. The molecule has 2 bridgehead atoms. The highest BCUT2D eigenvalue weighted by Crippen LogP contribution is 2.37. The van der Waals surface area contributed by atoms with Crippen LogP contribution >= 0.6 is 0 Å². The Morgan fingerprint density at radius 2 is 1.82 bits per heavy atom. The normalized spacial score (nSPS) is 30.0. The smallest absolute Gasteiger partial charge is 0.255 e. The average Bonchev–Trinajstić information content (AvgIpc) is 3.00. The Hall–Kier alpha value is -1.21. The van der Waals surface area contributed by atoms with Gasteiger partial charge in [-0.1, -0.05) is 6.07 Å². The van der Waals surface area contributed by atoms with Gasteiger partial charge in [0.25, 0.3) is 5.56 Å². The van der Waals surface area contributed by atoms with Crippen molar-refractivity contribution < 1.29 is 9.47 Å². The van der Waals surface area contributed by atoms with Crippen molar-refractivity contribution in [3.8, 4) is 0 Å². The number of hydrogen-bond donors (Lipinski definition) is 0. The van der Waals surface area contributed by atoms with Gasteiger partial charge in [-0.15, -0.1) is 0 Å². The van der Waals surface area contributed by atoms with E-state index in [1.54, 1.807) is 0 Å². The number of aromatic nitrogens is 1. The highest BCUT2D eigenvalue weighted by molar-refractivity contribution is 5.22. The second-order valence-corrected chi connectivity index (χ2v) is 9.04. The number of piperidine rings is 1. The van der Waals surface area contributed by atoms with Crippen LogP contribution in [-0.4, -0.2) is 73.0 Å². The predicted molar refractivity (Wildman–Crippen MR) is 108 cm³/mol. The van der Waals surface area contributed by atoms with Crippen LogP contribution in [0.5, 0.6) is 0 Å². The van der Waals surface area contributed by atoms with Crippen LogP contribution in [0.1, 0.15) is 42.9 Å². The van der Waals surface area contributed by atoms with Crippen LogP contribution in [0.15, 0.2) is 16.9 Å². The van der Waals surface area contributed by atoms with E-state index >= 15 is 0 Å². The number of pyridine rings is 1. The third-order valence-corrected chi connectivity index (χ3v) is 7.13. The van der Waals surface area contributed by atoms with Gasteiger partial charge in [0.15, 0.2) is 0 Å². The first kappa shape index (κ1) is 18.8. The Labute approximate surface area is 167 Å². The van der Waals surface area contributed by atoms with Crippen LogP contribution in [0.25, 0.3) is 0 Å². The summed E-state index contributed by atoms with van der Waals surface area (Å²) in [6.07, 6.45) is 4.61. The van der Waals surface area contributed by atoms with Crippen molar-refractivity contribution in [3.05, 3.63) is 33.7 Å². The zero-order valence-electron chi connectivity index (χ0n) is 16.9. The number of fused-ring (bicyclic) bond motifs is 4. The molecule has 2 atom stereocenters. The second kappa shape index (κ2) is 8.27. The van der Waals surface area contributed by atoms with Gasteiger partial charge in [-0.3, -0.25) is 14.6 Å². The Morgan fingerprint density at radius 1 is 0.964 bits per heavy atom. The summed E-state index contributed by atoms with van der Waals surface area (Å²) in [6.45, 7) is 9.25. The predicted octanol–water partition coefficient (Wildman–Crippen LogP) is 1.67. The Balaban J connectivity index is 1.34. The van der Waals surface area contributed by atoms with Crippen molar-refractivity contribution in [3.63, 3.8) is 0 Å². The minimum Gasteiger partial charge on any atom is -0.381 e. The topological polar surface area (TPSA) is 46.9 Å².